The van der Waals surface area contributed by atoms with Crippen molar-refractivity contribution in [1.29, 1.82) is 0 Å². The number of anilines is 1. The van der Waals surface area contributed by atoms with E-state index in [-0.39, 0.29) is 17.7 Å². The third-order valence-corrected chi connectivity index (χ3v) is 2.88. The standard InChI is InChI=1S/C12H15N3O2/c1-2-15-8-9(7-11(15)16)12(17)14-10-5-3-4-6-13-10/h3-6,9H,2,7-8H2,1H3,(H,13,14,17)/t9-/m0/s1. The fraction of sp³-hybridized carbons (Fsp3) is 0.417. The number of nitrogens with zero attached hydrogens (tertiary/aromatic N) is 2. The topological polar surface area (TPSA) is 62.3 Å². The molecule has 5 heteroatoms. The molecule has 0 radical (unpaired) electrons. The van der Waals surface area contributed by atoms with Crippen molar-refractivity contribution < 1.29 is 9.59 Å². The number of hydrogen-bond acceptors (Lipinski definition) is 3. The summed E-state index contributed by atoms with van der Waals surface area (Å²) in [5.74, 6) is 0.186. The van der Waals surface area contributed by atoms with Crippen molar-refractivity contribution in [3.8, 4) is 0 Å². The van der Waals surface area contributed by atoms with Crippen LogP contribution in [-0.2, 0) is 9.59 Å². The largest absolute Gasteiger partial charge is 0.342 e. The SMILES string of the molecule is CCN1C[C@@H](C(=O)Nc2ccccn2)CC1=O. The molecule has 17 heavy (non-hydrogen) atoms. The minimum absolute atomic E-state index is 0.0497. The smallest absolute Gasteiger partial charge is 0.230 e. The molecule has 2 rings (SSSR count). The lowest BCUT2D eigenvalue weighted by molar-refractivity contribution is -0.128. The van der Waals surface area contributed by atoms with E-state index < -0.39 is 0 Å². The Bertz CT molecular complexity index is 419. The number of amides is 2. The summed E-state index contributed by atoms with van der Waals surface area (Å²) < 4.78 is 0. The molecule has 90 valence electrons. The van der Waals surface area contributed by atoms with E-state index in [2.05, 4.69) is 10.3 Å². The molecule has 1 aromatic heterocycles. The minimum atomic E-state index is -0.260. The zero-order chi connectivity index (χ0) is 12.3. The Kier molecular flexibility index (Phi) is 3.37. The van der Waals surface area contributed by atoms with Gasteiger partial charge < -0.3 is 10.2 Å². The Balaban J connectivity index is 1.96. The predicted molar refractivity (Wildman–Crippen MR) is 63.2 cm³/mol. The first-order chi connectivity index (χ1) is 8.20. The zero-order valence-corrected chi connectivity index (χ0v) is 9.72. The van der Waals surface area contributed by atoms with Crippen molar-refractivity contribution in [2.45, 2.75) is 13.3 Å². The summed E-state index contributed by atoms with van der Waals surface area (Å²) in [7, 11) is 0. The number of hydrogen-bond donors (Lipinski definition) is 1. The van der Waals surface area contributed by atoms with Crippen molar-refractivity contribution >= 4 is 17.6 Å². The van der Waals surface area contributed by atoms with Gasteiger partial charge in [0.1, 0.15) is 5.82 Å². The number of likely N-dealkylation sites (tertiary alicyclic amines) is 1. The van der Waals surface area contributed by atoms with Crippen LogP contribution in [0.2, 0.25) is 0 Å². The molecule has 1 N–H and O–H groups in total. The summed E-state index contributed by atoms with van der Waals surface area (Å²) in [5, 5.41) is 2.72. The van der Waals surface area contributed by atoms with Gasteiger partial charge in [0.25, 0.3) is 0 Å². The van der Waals surface area contributed by atoms with Gasteiger partial charge in [-0.1, -0.05) is 6.07 Å². The van der Waals surface area contributed by atoms with E-state index in [1.165, 1.54) is 0 Å². The Morgan fingerprint density at radius 2 is 2.41 bits per heavy atom. The Labute approximate surface area is 99.8 Å². The van der Waals surface area contributed by atoms with Crippen LogP contribution in [0.1, 0.15) is 13.3 Å². The first kappa shape index (κ1) is 11.6. The van der Waals surface area contributed by atoms with E-state index in [9.17, 15) is 9.59 Å². The fourth-order valence-corrected chi connectivity index (χ4v) is 1.92. The molecule has 1 saturated heterocycles. The zero-order valence-electron chi connectivity index (χ0n) is 9.72. The van der Waals surface area contributed by atoms with Crippen LogP contribution in [0.4, 0.5) is 5.82 Å². The molecule has 2 amide bonds. The van der Waals surface area contributed by atoms with E-state index in [1.807, 2.05) is 6.92 Å². The van der Waals surface area contributed by atoms with Crippen LogP contribution in [0.25, 0.3) is 0 Å². The number of aromatic nitrogens is 1. The summed E-state index contributed by atoms with van der Waals surface area (Å²) in [4.78, 5) is 29.1. The first-order valence-electron chi connectivity index (χ1n) is 5.70. The number of carbonyl (C=O) groups is 2. The average Bonchev–Trinajstić information content (AvgIpc) is 2.72. The molecule has 1 aromatic rings. The van der Waals surface area contributed by atoms with Gasteiger partial charge in [-0.25, -0.2) is 4.98 Å². The van der Waals surface area contributed by atoms with Crippen molar-refractivity contribution in [2.75, 3.05) is 18.4 Å². The summed E-state index contributed by atoms with van der Waals surface area (Å²) in [6.45, 7) is 3.08. The normalized spacial score (nSPS) is 19.5. The monoisotopic (exact) mass is 233 g/mol. The van der Waals surface area contributed by atoms with Crippen molar-refractivity contribution in [3.05, 3.63) is 24.4 Å². The maximum atomic E-state index is 11.9. The van der Waals surface area contributed by atoms with Crippen LogP contribution in [0.15, 0.2) is 24.4 Å². The van der Waals surface area contributed by atoms with Gasteiger partial charge >= 0.3 is 0 Å². The Hall–Kier alpha value is -1.91. The molecule has 0 aromatic carbocycles. The first-order valence-corrected chi connectivity index (χ1v) is 5.70. The highest BCUT2D eigenvalue weighted by molar-refractivity contribution is 5.96. The van der Waals surface area contributed by atoms with Gasteiger partial charge in [-0.15, -0.1) is 0 Å². The molecule has 1 aliphatic rings. The second kappa shape index (κ2) is 4.95. The highest BCUT2D eigenvalue weighted by Crippen LogP contribution is 2.18. The van der Waals surface area contributed by atoms with Gasteiger partial charge in [0.15, 0.2) is 0 Å². The van der Waals surface area contributed by atoms with Crippen LogP contribution < -0.4 is 5.32 Å². The lowest BCUT2D eigenvalue weighted by atomic mass is 10.1. The molecule has 1 aliphatic heterocycles. The van der Waals surface area contributed by atoms with Crippen LogP contribution in [0, 0.1) is 5.92 Å². The molecule has 2 heterocycles. The highest BCUT2D eigenvalue weighted by Gasteiger charge is 2.33. The molecule has 0 bridgehead atoms. The van der Waals surface area contributed by atoms with E-state index in [0.717, 1.165) is 0 Å². The molecule has 0 aliphatic carbocycles. The molecule has 1 atom stereocenters. The van der Waals surface area contributed by atoms with Gasteiger partial charge in [0.2, 0.25) is 11.8 Å². The molecule has 0 saturated carbocycles. The Morgan fingerprint density at radius 1 is 1.59 bits per heavy atom. The van der Waals surface area contributed by atoms with E-state index in [0.29, 0.717) is 25.3 Å². The molecule has 0 spiro atoms. The maximum absolute atomic E-state index is 11.9. The second-order valence-electron chi connectivity index (χ2n) is 4.04. The van der Waals surface area contributed by atoms with Crippen molar-refractivity contribution in [3.63, 3.8) is 0 Å². The minimum Gasteiger partial charge on any atom is -0.342 e. The number of carbonyl (C=O) groups excluding carboxylic acids is 2. The lowest BCUT2D eigenvalue weighted by Crippen LogP contribution is -2.28. The summed E-state index contributed by atoms with van der Waals surface area (Å²) >= 11 is 0. The number of pyridine rings is 1. The quantitative estimate of drug-likeness (QED) is 0.843. The van der Waals surface area contributed by atoms with Crippen molar-refractivity contribution in [2.24, 2.45) is 5.92 Å². The van der Waals surface area contributed by atoms with Gasteiger partial charge in [0, 0.05) is 25.7 Å². The van der Waals surface area contributed by atoms with E-state index in [4.69, 9.17) is 0 Å². The van der Waals surface area contributed by atoms with Gasteiger partial charge in [-0.2, -0.15) is 0 Å². The van der Waals surface area contributed by atoms with Gasteiger partial charge in [0.05, 0.1) is 5.92 Å². The average molecular weight is 233 g/mol. The van der Waals surface area contributed by atoms with Crippen LogP contribution in [-0.4, -0.2) is 34.8 Å². The van der Waals surface area contributed by atoms with Crippen LogP contribution in [0.5, 0.6) is 0 Å². The number of nitrogens with one attached hydrogen (secondary N) is 1. The third kappa shape index (κ3) is 2.61. The highest BCUT2D eigenvalue weighted by atomic mass is 16.2. The molecular formula is C12H15N3O2. The molecule has 5 nitrogen and oxygen atoms in total. The van der Waals surface area contributed by atoms with Gasteiger partial charge in [-0.05, 0) is 19.1 Å². The predicted octanol–water partition coefficient (Wildman–Crippen LogP) is 0.889. The fourth-order valence-electron chi connectivity index (χ4n) is 1.92. The lowest BCUT2D eigenvalue weighted by Gasteiger charge is -2.13. The Morgan fingerprint density at radius 3 is 3.00 bits per heavy atom. The molecule has 0 unspecified atom stereocenters. The summed E-state index contributed by atoms with van der Waals surface area (Å²) in [6.07, 6.45) is 1.92. The van der Waals surface area contributed by atoms with E-state index >= 15 is 0 Å². The molecular weight excluding hydrogens is 218 g/mol. The van der Waals surface area contributed by atoms with Crippen LogP contribution in [0.3, 0.4) is 0 Å². The molecule has 1 fully saturated rings. The van der Waals surface area contributed by atoms with E-state index in [1.54, 1.807) is 29.3 Å². The summed E-state index contributed by atoms with van der Waals surface area (Å²) in [6, 6.07) is 5.32. The second-order valence-corrected chi connectivity index (χ2v) is 4.04. The van der Waals surface area contributed by atoms with Crippen molar-refractivity contribution in [1.82, 2.24) is 9.88 Å². The van der Waals surface area contributed by atoms with Gasteiger partial charge in [-0.3, -0.25) is 9.59 Å². The third-order valence-electron chi connectivity index (χ3n) is 2.88. The number of rotatable bonds is 3. The maximum Gasteiger partial charge on any atom is 0.230 e. The van der Waals surface area contributed by atoms with Crippen LogP contribution >= 0.6 is 0 Å². The summed E-state index contributed by atoms with van der Waals surface area (Å²) in [5.41, 5.74) is 0.